The lowest BCUT2D eigenvalue weighted by Gasteiger charge is -2.13. The quantitative estimate of drug-likeness (QED) is 0.263. The number of nitro groups is 1. The fraction of sp³-hybridized carbons (Fsp3) is 0.0556. The van der Waals surface area contributed by atoms with Crippen molar-refractivity contribution in [2.24, 2.45) is 0 Å². The molecule has 10 heteroatoms. The number of rotatable bonds is 4. The van der Waals surface area contributed by atoms with Crippen molar-refractivity contribution in [3.8, 4) is 5.75 Å². The minimum Gasteiger partial charge on any atom is -0.507 e. The van der Waals surface area contributed by atoms with Crippen LogP contribution >= 0.6 is 0 Å². The average molecular weight is 402 g/mol. The van der Waals surface area contributed by atoms with Crippen LogP contribution in [-0.4, -0.2) is 28.9 Å². The van der Waals surface area contributed by atoms with E-state index in [4.69, 9.17) is 0 Å². The van der Waals surface area contributed by atoms with Gasteiger partial charge in [-0.2, -0.15) is 8.42 Å². The molecule has 0 atom stereocenters. The molecule has 0 aromatic heterocycles. The monoisotopic (exact) mass is 402 g/mol. The lowest BCUT2D eigenvalue weighted by atomic mass is 10.1. The normalized spacial score (nSPS) is 11.4. The highest BCUT2D eigenvalue weighted by Gasteiger charge is 2.23. The molecule has 0 fully saturated rings. The second kappa shape index (κ2) is 6.91. The molecule has 0 aliphatic rings. The third-order valence-corrected chi connectivity index (χ3v) is 5.00. The minimum atomic E-state index is -4.67. The average Bonchev–Trinajstić information content (AvgIpc) is 2.62. The summed E-state index contributed by atoms with van der Waals surface area (Å²) >= 11 is 0. The number of anilines is 1. The van der Waals surface area contributed by atoms with Crippen LogP contribution in [-0.2, 0) is 10.1 Å². The topological polar surface area (TPSA) is 147 Å². The van der Waals surface area contributed by atoms with Gasteiger partial charge in [0.15, 0.2) is 0 Å². The molecule has 1 amide bonds. The zero-order valence-corrected chi connectivity index (χ0v) is 15.2. The fourth-order valence-electron chi connectivity index (χ4n) is 2.85. The molecule has 28 heavy (non-hydrogen) atoms. The van der Waals surface area contributed by atoms with Crippen LogP contribution in [0.4, 0.5) is 11.4 Å². The van der Waals surface area contributed by atoms with E-state index in [1.807, 2.05) is 0 Å². The van der Waals surface area contributed by atoms with Gasteiger partial charge < -0.3 is 10.4 Å². The Morgan fingerprint density at radius 3 is 2.50 bits per heavy atom. The molecular weight excluding hydrogens is 388 g/mol. The van der Waals surface area contributed by atoms with Crippen molar-refractivity contribution in [2.45, 2.75) is 11.8 Å². The maximum atomic E-state index is 12.7. The van der Waals surface area contributed by atoms with Gasteiger partial charge in [-0.15, -0.1) is 0 Å². The number of fused-ring (bicyclic) bond motifs is 1. The standard InChI is InChI=1S/C18H14N2O7S/c1-10-5-6-11(14(9-10)20(23)24)18(22)19-13-7-8-15(21)12-3-2-4-16(17(12)13)28(25,26)27/h2-9,21H,1H3,(H,19,22)(H,25,26,27). The minimum absolute atomic E-state index is 0.0408. The summed E-state index contributed by atoms with van der Waals surface area (Å²) in [5, 5.41) is 23.6. The molecule has 0 spiro atoms. The molecule has 3 N–H and O–H groups in total. The first-order chi connectivity index (χ1) is 13.1. The number of phenols is 1. The summed E-state index contributed by atoms with van der Waals surface area (Å²) in [7, 11) is -4.67. The van der Waals surface area contributed by atoms with Crippen molar-refractivity contribution in [3.05, 3.63) is 69.8 Å². The lowest BCUT2D eigenvalue weighted by Crippen LogP contribution is -2.15. The van der Waals surface area contributed by atoms with Gasteiger partial charge in [0.1, 0.15) is 16.2 Å². The van der Waals surface area contributed by atoms with Crippen LogP contribution in [0.1, 0.15) is 15.9 Å². The first-order valence-corrected chi connectivity index (χ1v) is 9.32. The second-order valence-corrected chi connectivity index (χ2v) is 7.41. The number of aromatic hydroxyl groups is 1. The molecule has 9 nitrogen and oxygen atoms in total. The maximum Gasteiger partial charge on any atom is 0.295 e. The van der Waals surface area contributed by atoms with Gasteiger partial charge in [0.2, 0.25) is 0 Å². The molecule has 0 unspecified atom stereocenters. The van der Waals surface area contributed by atoms with Gasteiger partial charge in [-0.25, -0.2) is 0 Å². The van der Waals surface area contributed by atoms with Gasteiger partial charge in [-0.05, 0) is 36.8 Å². The summed E-state index contributed by atoms with van der Waals surface area (Å²) < 4.78 is 32.9. The van der Waals surface area contributed by atoms with Crippen molar-refractivity contribution in [2.75, 3.05) is 5.32 Å². The third kappa shape index (κ3) is 3.50. The summed E-state index contributed by atoms with van der Waals surface area (Å²) in [4.78, 5) is 22.7. The Labute approximate surface area is 159 Å². The number of hydrogen-bond acceptors (Lipinski definition) is 6. The molecule has 0 aliphatic heterocycles. The molecule has 0 aliphatic carbocycles. The SMILES string of the molecule is Cc1ccc(C(=O)Nc2ccc(O)c3cccc(S(=O)(=O)O)c23)c([N+](=O)[O-])c1. The molecule has 3 rings (SSSR count). The van der Waals surface area contributed by atoms with E-state index in [0.717, 1.165) is 6.07 Å². The van der Waals surface area contributed by atoms with Crippen LogP contribution in [0.2, 0.25) is 0 Å². The highest BCUT2D eigenvalue weighted by Crippen LogP contribution is 2.36. The molecule has 0 heterocycles. The van der Waals surface area contributed by atoms with Crippen molar-refractivity contribution < 1.29 is 27.8 Å². The zero-order chi connectivity index (χ0) is 20.6. The van der Waals surface area contributed by atoms with Crippen molar-refractivity contribution in [1.82, 2.24) is 0 Å². The molecule has 0 saturated carbocycles. The van der Waals surface area contributed by atoms with E-state index in [9.17, 15) is 33.0 Å². The van der Waals surface area contributed by atoms with Crippen LogP contribution in [0.15, 0.2) is 53.4 Å². The molecule has 0 radical (unpaired) electrons. The first kappa shape index (κ1) is 19.3. The third-order valence-electron chi connectivity index (χ3n) is 4.10. The smallest absolute Gasteiger partial charge is 0.295 e. The highest BCUT2D eigenvalue weighted by molar-refractivity contribution is 7.86. The molecule has 0 bridgehead atoms. The summed E-state index contributed by atoms with van der Waals surface area (Å²) in [6, 6.07) is 10.4. The summed E-state index contributed by atoms with van der Waals surface area (Å²) in [6.45, 7) is 1.64. The van der Waals surface area contributed by atoms with Crippen LogP contribution in [0.25, 0.3) is 10.8 Å². The van der Waals surface area contributed by atoms with E-state index in [1.165, 1.54) is 42.5 Å². The van der Waals surface area contributed by atoms with E-state index in [-0.39, 0.29) is 27.8 Å². The Balaban J connectivity index is 2.18. The predicted octanol–water partition coefficient (Wildman–Crippen LogP) is 3.26. The lowest BCUT2D eigenvalue weighted by molar-refractivity contribution is -0.385. The van der Waals surface area contributed by atoms with E-state index >= 15 is 0 Å². The van der Waals surface area contributed by atoms with Crippen LogP contribution in [0.5, 0.6) is 5.75 Å². The molecule has 144 valence electrons. The van der Waals surface area contributed by atoms with Crippen LogP contribution < -0.4 is 5.32 Å². The van der Waals surface area contributed by atoms with E-state index in [2.05, 4.69) is 5.32 Å². The van der Waals surface area contributed by atoms with Crippen LogP contribution in [0, 0.1) is 17.0 Å². The number of hydrogen-bond donors (Lipinski definition) is 3. The largest absolute Gasteiger partial charge is 0.507 e. The van der Waals surface area contributed by atoms with Gasteiger partial charge in [0.25, 0.3) is 21.7 Å². The number of nitrogens with one attached hydrogen (secondary N) is 1. The second-order valence-electron chi connectivity index (χ2n) is 6.02. The Morgan fingerprint density at radius 1 is 1.14 bits per heavy atom. The first-order valence-electron chi connectivity index (χ1n) is 7.88. The van der Waals surface area contributed by atoms with Crippen molar-refractivity contribution >= 4 is 38.2 Å². The molecule has 0 saturated heterocycles. The number of carbonyl (C=O) groups excluding carboxylic acids is 1. The van der Waals surface area contributed by atoms with Gasteiger partial charge in [-0.3, -0.25) is 19.5 Å². The number of benzene rings is 3. The van der Waals surface area contributed by atoms with E-state index in [0.29, 0.717) is 5.56 Å². The molecule has 3 aromatic carbocycles. The number of phenolic OH excluding ortho intramolecular Hbond substituents is 1. The fourth-order valence-corrected chi connectivity index (χ4v) is 3.58. The highest BCUT2D eigenvalue weighted by atomic mass is 32.2. The summed E-state index contributed by atoms with van der Waals surface area (Å²) in [6.07, 6.45) is 0. The van der Waals surface area contributed by atoms with Gasteiger partial charge in [0.05, 0.1) is 10.6 Å². The van der Waals surface area contributed by atoms with Gasteiger partial charge >= 0.3 is 0 Å². The Morgan fingerprint density at radius 2 is 1.86 bits per heavy atom. The molecular formula is C18H14N2O7S. The number of amides is 1. The van der Waals surface area contributed by atoms with E-state index < -0.39 is 31.5 Å². The number of aryl methyl sites for hydroxylation is 1. The Kier molecular flexibility index (Phi) is 4.75. The van der Waals surface area contributed by atoms with E-state index in [1.54, 1.807) is 6.92 Å². The number of nitro benzene ring substituents is 1. The van der Waals surface area contributed by atoms with Gasteiger partial charge in [0, 0.05) is 16.8 Å². The number of carbonyl (C=O) groups is 1. The Bertz CT molecular complexity index is 1240. The van der Waals surface area contributed by atoms with Crippen LogP contribution in [0.3, 0.4) is 0 Å². The molecule has 3 aromatic rings. The van der Waals surface area contributed by atoms with Crippen molar-refractivity contribution in [3.63, 3.8) is 0 Å². The summed E-state index contributed by atoms with van der Waals surface area (Å²) in [5.74, 6) is -1.11. The zero-order valence-electron chi connectivity index (χ0n) is 14.4. The summed E-state index contributed by atoms with van der Waals surface area (Å²) in [5.41, 5.74) is -0.0790. The Hall–Kier alpha value is -3.50. The predicted molar refractivity (Wildman–Crippen MR) is 101 cm³/mol. The van der Waals surface area contributed by atoms with Gasteiger partial charge in [-0.1, -0.05) is 18.2 Å². The maximum absolute atomic E-state index is 12.7. The van der Waals surface area contributed by atoms with Crippen molar-refractivity contribution in [1.29, 1.82) is 0 Å². The number of nitrogens with zero attached hydrogens (tertiary/aromatic N) is 1.